The molecule has 0 radical (unpaired) electrons. The third kappa shape index (κ3) is 2.81. The molecule has 7 heteroatoms. The van der Waals surface area contributed by atoms with Crippen LogP contribution in [-0.2, 0) is 14.3 Å². The minimum atomic E-state index is -1.07. The first-order valence-electron chi connectivity index (χ1n) is 6.41. The number of anilines is 2. The van der Waals surface area contributed by atoms with Gasteiger partial charge < -0.3 is 20.1 Å². The van der Waals surface area contributed by atoms with Crippen molar-refractivity contribution in [1.82, 2.24) is 0 Å². The second-order valence-electron chi connectivity index (χ2n) is 4.72. The Balaban J connectivity index is 2.36. The molecule has 0 aliphatic carbocycles. The van der Waals surface area contributed by atoms with Crippen LogP contribution in [0.25, 0.3) is 0 Å². The van der Waals surface area contributed by atoms with Crippen molar-refractivity contribution in [3.63, 3.8) is 0 Å². The number of benzene rings is 1. The normalized spacial score (nSPS) is 17.7. The van der Waals surface area contributed by atoms with Crippen molar-refractivity contribution < 1.29 is 24.2 Å². The third-order valence-electron chi connectivity index (χ3n) is 3.46. The Hall–Kier alpha value is -2.57. The van der Waals surface area contributed by atoms with Gasteiger partial charge in [0.15, 0.2) is 0 Å². The highest BCUT2D eigenvalue weighted by molar-refractivity contribution is 6.03. The molecule has 1 unspecified atom stereocenters. The largest absolute Gasteiger partial charge is 0.478 e. The number of methoxy groups -OCH3 is 1. The van der Waals surface area contributed by atoms with E-state index in [2.05, 4.69) is 10.1 Å². The summed E-state index contributed by atoms with van der Waals surface area (Å²) in [6.45, 7) is 0.184. The van der Waals surface area contributed by atoms with E-state index in [9.17, 15) is 14.4 Å². The molecule has 0 bridgehead atoms. The van der Waals surface area contributed by atoms with Crippen molar-refractivity contribution in [2.45, 2.75) is 6.42 Å². The van der Waals surface area contributed by atoms with Crippen LogP contribution in [-0.4, -0.2) is 43.7 Å². The van der Waals surface area contributed by atoms with E-state index in [1.165, 1.54) is 24.1 Å². The van der Waals surface area contributed by atoms with Crippen LogP contribution in [0.1, 0.15) is 16.8 Å². The molecule has 112 valence electrons. The fraction of sp³-hybridized carbons (Fsp3) is 0.357. The minimum absolute atomic E-state index is 0.0626. The monoisotopic (exact) mass is 292 g/mol. The highest BCUT2D eigenvalue weighted by atomic mass is 16.5. The summed E-state index contributed by atoms with van der Waals surface area (Å²) < 4.78 is 4.66. The minimum Gasteiger partial charge on any atom is -0.478 e. The van der Waals surface area contributed by atoms with Gasteiger partial charge in [0.25, 0.3) is 0 Å². The number of hydrogen-bond donors (Lipinski definition) is 2. The van der Waals surface area contributed by atoms with Crippen molar-refractivity contribution in [3.05, 3.63) is 23.8 Å². The molecular formula is C14H16N2O5. The van der Waals surface area contributed by atoms with Gasteiger partial charge in [-0.25, -0.2) is 4.79 Å². The number of carbonyl (C=O) groups excluding carboxylic acids is 2. The number of esters is 1. The number of nitrogens with one attached hydrogen (secondary N) is 1. The molecule has 2 rings (SSSR count). The molecule has 1 aromatic carbocycles. The molecule has 0 spiro atoms. The molecule has 1 heterocycles. The second-order valence-corrected chi connectivity index (χ2v) is 4.72. The maximum atomic E-state index is 12.1. The van der Waals surface area contributed by atoms with Crippen LogP contribution in [0.3, 0.4) is 0 Å². The van der Waals surface area contributed by atoms with E-state index in [1.54, 1.807) is 13.1 Å². The average molecular weight is 292 g/mol. The summed E-state index contributed by atoms with van der Waals surface area (Å²) in [6, 6.07) is 4.47. The van der Waals surface area contributed by atoms with Gasteiger partial charge in [0.2, 0.25) is 5.91 Å². The lowest BCUT2D eigenvalue weighted by Crippen LogP contribution is -2.27. The molecular weight excluding hydrogens is 276 g/mol. The molecule has 1 atom stereocenters. The number of carboxylic acids is 1. The third-order valence-corrected chi connectivity index (χ3v) is 3.46. The van der Waals surface area contributed by atoms with Crippen LogP contribution in [0.5, 0.6) is 0 Å². The molecule has 7 nitrogen and oxygen atoms in total. The van der Waals surface area contributed by atoms with Gasteiger partial charge in [-0.1, -0.05) is 0 Å². The number of nitrogens with zero attached hydrogens (tertiary/aromatic N) is 1. The van der Waals surface area contributed by atoms with Gasteiger partial charge in [0, 0.05) is 20.0 Å². The summed E-state index contributed by atoms with van der Waals surface area (Å²) >= 11 is 0. The van der Waals surface area contributed by atoms with Crippen molar-refractivity contribution >= 4 is 29.2 Å². The van der Waals surface area contributed by atoms with Gasteiger partial charge in [0.1, 0.15) is 0 Å². The zero-order chi connectivity index (χ0) is 15.6. The summed E-state index contributed by atoms with van der Waals surface area (Å²) in [4.78, 5) is 36.1. The zero-order valence-corrected chi connectivity index (χ0v) is 11.8. The average Bonchev–Trinajstić information content (AvgIpc) is 2.87. The summed E-state index contributed by atoms with van der Waals surface area (Å²) in [5.74, 6) is -2.27. The maximum Gasteiger partial charge on any atom is 0.335 e. The Morgan fingerprint density at radius 1 is 1.43 bits per heavy atom. The topological polar surface area (TPSA) is 95.9 Å². The lowest BCUT2D eigenvalue weighted by atomic mass is 10.1. The van der Waals surface area contributed by atoms with Crippen molar-refractivity contribution in [2.75, 3.05) is 30.9 Å². The van der Waals surface area contributed by atoms with Crippen LogP contribution in [0.2, 0.25) is 0 Å². The number of carboxylic acid groups (broad SMARTS) is 1. The summed E-state index contributed by atoms with van der Waals surface area (Å²) in [5, 5.41) is 12.0. The van der Waals surface area contributed by atoms with E-state index in [0.717, 1.165) is 0 Å². The first kappa shape index (κ1) is 14.8. The molecule has 1 aromatic rings. The van der Waals surface area contributed by atoms with E-state index in [4.69, 9.17) is 5.11 Å². The van der Waals surface area contributed by atoms with Crippen molar-refractivity contribution in [3.8, 4) is 0 Å². The van der Waals surface area contributed by atoms with Crippen LogP contribution >= 0.6 is 0 Å². The highest BCUT2D eigenvalue weighted by Gasteiger charge is 2.36. The Morgan fingerprint density at radius 2 is 2.14 bits per heavy atom. The predicted octanol–water partition coefficient (Wildman–Crippen LogP) is 0.952. The Bertz CT molecular complexity index is 599. The molecule has 1 aliphatic heterocycles. The molecule has 0 saturated carbocycles. The Morgan fingerprint density at radius 3 is 2.71 bits per heavy atom. The number of amides is 1. The van der Waals surface area contributed by atoms with Gasteiger partial charge in [-0.05, 0) is 18.2 Å². The van der Waals surface area contributed by atoms with E-state index in [1.807, 2.05) is 0 Å². The molecule has 1 amide bonds. The van der Waals surface area contributed by atoms with Gasteiger partial charge in [-0.15, -0.1) is 0 Å². The molecule has 0 aromatic heterocycles. The number of ether oxygens (including phenoxy) is 1. The van der Waals surface area contributed by atoms with E-state index < -0.39 is 17.9 Å². The maximum absolute atomic E-state index is 12.1. The van der Waals surface area contributed by atoms with Crippen LogP contribution in [0, 0.1) is 5.92 Å². The number of rotatable bonds is 4. The van der Waals surface area contributed by atoms with Crippen molar-refractivity contribution in [1.29, 1.82) is 0 Å². The molecule has 1 fully saturated rings. The van der Waals surface area contributed by atoms with Gasteiger partial charge in [-0.3, -0.25) is 9.59 Å². The summed E-state index contributed by atoms with van der Waals surface area (Å²) in [6.07, 6.45) is 0.0626. The van der Waals surface area contributed by atoms with Gasteiger partial charge >= 0.3 is 11.9 Å². The van der Waals surface area contributed by atoms with E-state index in [-0.39, 0.29) is 24.4 Å². The first-order valence-corrected chi connectivity index (χ1v) is 6.41. The van der Waals surface area contributed by atoms with E-state index in [0.29, 0.717) is 11.4 Å². The van der Waals surface area contributed by atoms with Crippen LogP contribution in [0.15, 0.2) is 18.2 Å². The number of aromatic carboxylic acids is 1. The molecule has 21 heavy (non-hydrogen) atoms. The quantitative estimate of drug-likeness (QED) is 0.802. The first-order chi connectivity index (χ1) is 9.97. The fourth-order valence-electron chi connectivity index (χ4n) is 2.36. The Labute approximate surface area is 121 Å². The number of carbonyl (C=O) groups is 3. The zero-order valence-electron chi connectivity index (χ0n) is 11.8. The second kappa shape index (κ2) is 5.82. The van der Waals surface area contributed by atoms with Crippen LogP contribution < -0.4 is 10.2 Å². The molecule has 1 saturated heterocycles. The van der Waals surface area contributed by atoms with Gasteiger partial charge in [0.05, 0.1) is 30.0 Å². The lowest BCUT2D eigenvalue weighted by Gasteiger charge is -2.20. The Kier molecular flexibility index (Phi) is 4.11. The summed E-state index contributed by atoms with van der Waals surface area (Å²) in [5.41, 5.74) is 1.16. The van der Waals surface area contributed by atoms with Crippen molar-refractivity contribution in [2.24, 2.45) is 5.92 Å². The molecule has 2 N–H and O–H groups in total. The van der Waals surface area contributed by atoms with E-state index >= 15 is 0 Å². The van der Waals surface area contributed by atoms with Gasteiger partial charge in [-0.2, -0.15) is 0 Å². The lowest BCUT2D eigenvalue weighted by molar-refractivity contribution is -0.145. The highest BCUT2D eigenvalue weighted by Crippen LogP contribution is 2.32. The standard InChI is InChI=1S/C14H16N2O5/c1-15-10-4-3-8(13(18)19)5-11(10)16-7-9(6-12(16)17)14(20)21-2/h3-5,9,15H,6-7H2,1-2H3,(H,18,19). The smallest absolute Gasteiger partial charge is 0.335 e. The molecule has 1 aliphatic rings. The SMILES string of the molecule is CNc1ccc(C(=O)O)cc1N1CC(C(=O)OC)CC1=O. The fourth-order valence-corrected chi connectivity index (χ4v) is 2.36. The number of hydrogen-bond acceptors (Lipinski definition) is 5. The predicted molar refractivity (Wildman–Crippen MR) is 75.4 cm³/mol. The van der Waals surface area contributed by atoms with Crippen LogP contribution in [0.4, 0.5) is 11.4 Å². The summed E-state index contributed by atoms with van der Waals surface area (Å²) in [7, 11) is 2.96.